The Morgan fingerprint density at radius 3 is 1.54 bits per heavy atom. The van der Waals surface area contributed by atoms with Crippen LogP contribution in [0, 0.1) is 29.6 Å². The number of alkyl carbamates (subject to hydrolysis) is 1. The number of esters is 1. The quantitative estimate of drug-likeness (QED) is 0.0325. The van der Waals surface area contributed by atoms with E-state index in [9.17, 15) is 67.1 Å². The van der Waals surface area contributed by atoms with Gasteiger partial charge in [0.15, 0.2) is 28.9 Å². The molecule has 3 aromatic rings. The molecule has 0 aliphatic carbocycles. The van der Waals surface area contributed by atoms with Crippen LogP contribution in [0.25, 0.3) is 0 Å². The van der Waals surface area contributed by atoms with E-state index in [4.69, 9.17) is 19.9 Å². The highest BCUT2D eigenvalue weighted by molar-refractivity contribution is 5.99. The minimum atomic E-state index is -1.68. The van der Waals surface area contributed by atoms with Gasteiger partial charge >= 0.3 is 12.1 Å². The largest absolute Gasteiger partial charge is 0.461 e. The minimum Gasteiger partial charge on any atom is -0.461 e. The van der Waals surface area contributed by atoms with Gasteiger partial charge in [0, 0.05) is 76.8 Å². The highest BCUT2D eigenvalue weighted by atomic mass is 16.6. The molecule has 0 bridgehead atoms. The summed E-state index contributed by atoms with van der Waals surface area (Å²) in [5.74, 6) is -12.4. The first kappa shape index (κ1) is 85.2. The van der Waals surface area contributed by atoms with Crippen molar-refractivity contribution in [1.82, 2.24) is 36.4 Å². The summed E-state index contributed by atoms with van der Waals surface area (Å²) in [6.45, 7) is 22.7. The fourth-order valence-corrected chi connectivity index (χ4v) is 10.7. The molecule has 550 valence electrons. The molecule has 0 unspecified atom stereocenters. The first-order valence-corrected chi connectivity index (χ1v) is 34.2. The van der Waals surface area contributed by atoms with Crippen LogP contribution in [0.4, 0.5) is 4.79 Å². The maximum absolute atomic E-state index is 14.8. The number of hydrogen-bond donors (Lipinski definition) is 6. The van der Waals surface area contributed by atoms with Gasteiger partial charge in [-0.15, -0.1) is 0 Å². The van der Waals surface area contributed by atoms with Crippen LogP contribution in [-0.2, 0) is 96.0 Å². The summed E-state index contributed by atoms with van der Waals surface area (Å²) in [7, 11) is 2.72. The van der Waals surface area contributed by atoms with Crippen LogP contribution >= 0.6 is 0 Å². The van der Waals surface area contributed by atoms with Gasteiger partial charge in [-0.2, -0.15) is 0 Å². The summed E-state index contributed by atoms with van der Waals surface area (Å²) in [5, 5.41) is 13.3. The molecule has 0 saturated carbocycles. The molecule has 0 spiro atoms. The number of nitrogens with one attached hydrogen (secondary N) is 5. The number of primary amides is 1. The van der Waals surface area contributed by atoms with Gasteiger partial charge in [-0.1, -0.05) is 133 Å². The maximum atomic E-state index is 14.8. The molecule has 0 heterocycles. The number of ether oxygens (including phenoxy) is 3. The number of nitrogens with two attached hydrogens (primary N) is 1. The molecule has 0 saturated heterocycles. The van der Waals surface area contributed by atoms with E-state index < -0.39 is 172 Å². The van der Waals surface area contributed by atoms with Crippen molar-refractivity contribution < 1.29 is 81.3 Å². The molecule has 0 aromatic heterocycles. The number of nitrogens with zero attached hydrogens (tertiary/aromatic N) is 2. The van der Waals surface area contributed by atoms with E-state index in [0.717, 1.165) is 10.5 Å². The molecule has 100 heavy (non-hydrogen) atoms. The van der Waals surface area contributed by atoms with Gasteiger partial charge < -0.3 is 56.3 Å². The zero-order valence-electron chi connectivity index (χ0n) is 61.2. The van der Waals surface area contributed by atoms with E-state index in [0.29, 0.717) is 11.1 Å². The van der Waals surface area contributed by atoms with Crippen molar-refractivity contribution in [2.75, 3.05) is 20.7 Å². The number of carbonyl (C=O) groups excluding carboxylic acids is 14. The van der Waals surface area contributed by atoms with Crippen molar-refractivity contribution in [2.45, 2.75) is 228 Å². The summed E-state index contributed by atoms with van der Waals surface area (Å²) < 4.78 is 16.6. The third-order valence-electron chi connectivity index (χ3n) is 16.6. The van der Waals surface area contributed by atoms with E-state index in [1.807, 2.05) is 13.8 Å². The molecule has 0 radical (unpaired) electrons. The summed E-state index contributed by atoms with van der Waals surface area (Å²) >= 11 is 0. The van der Waals surface area contributed by atoms with Crippen molar-refractivity contribution in [1.29, 1.82) is 0 Å². The van der Waals surface area contributed by atoms with E-state index in [-0.39, 0.29) is 76.9 Å². The van der Waals surface area contributed by atoms with Crippen molar-refractivity contribution in [3.8, 4) is 0 Å². The number of benzene rings is 3. The molecule has 0 aliphatic rings. The molecule has 25 nitrogen and oxygen atoms in total. The summed E-state index contributed by atoms with van der Waals surface area (Å²) in [4.78, 5) is 195. The van der Waals surface area contributed by atoms with Crippen molar-refractivity contribution >= 4 is 82.3 Å². The molecule has 7 N–H and O–H groups in total. The fraction of sp³-hybridized carbons (Fsp3) is 0.573. The molecule has 25 heteroatoms. The molecule has 10 atom stereocenters. The van der Waals surface area contributed by atoms with Crippen LogP contribution in [0.5, 0.6) is 0 Å². The van der Waals surface area contributed by atoms with Gasteiger partial charge in [-0.05, 0) is 103 Å². The standard InChI is InChI=1S/C75H108N8O17/c1-45(2)36-55(78-65(90)35-33-60(85)58(40-52-28-22-18-23-29-52)83(16)71(95)48(6)38-61(86)49(7)77-73(97)100-75(12,13)14)62(87)37-47(5)68(92)81-67(46(3)4)63(88)41-54(39-51-26-20-17-21-27-51)70(94)79-56(42-66(91)98-43-53-30-24-19-25-31-53)72(96)82(15)50(8)69(93)80-57(44-99-74(9,10)11)59(84)32-34-64(76)89/h17-31,45-50,54-58,67H,32-44H2,1-16H3,(H2,76,89)(H,77,97)(H,78,90)(H,79,94)(H,80,93)(H,81,92)/t47-,48-,49+,50+,54-,55+,56+,57+,58+,67+/m1/s1. The minimum absolute atomic E-state index is 0.0544. The Bertz CT molecular complexity index is 3280. The number of ketones is 5. The Labute approximate surface area is 589 Å². The molecule has 3 aromatic carbocycles. The normalized spacial score (nSPS) is 14.5. The molecule has 0 fully saturated rings. The predicted molar refractivity (Wildman–Crippen MR) is 375 cm³/mol. The highest BCUT2D eigenvalue weighted by Crippen LogP contribution is 2.22. The highest BCUT2D eigenvalue weighted by Gasteiger charge is 2.39. The lowest BCUT2D eigenvalue weighted by atomic mass is 9.87. The van der Waals surface area contributed by atoms with Gasteiger partial charge in [0.05, 0.1) is 42.8 Å². The number of amides is 8. The van der Waals surface area contributed by atoms with Crippen LogP contribution in [0.2, 0.25) is 0 Å². The number of rotatable bonds is 42. The van der Waals surface area contributed by atoms with E-state index in [1.165, 1.54) is 39.8 Å². The Hall–Kier alpha value is -9.00. The maximum Gasteiger partial charge on any atom is 0.408 e. The molecule has 3 rings (SSSR count). The Balaban J connectivity index is 1.84. The van der Waals surface area contributed by atoms with E-state index in [2.05, 4.69) is 26.6 Å². The summed E-state index contributed by atoms with van der Waals surface area (Å²) in [6, 6.07) is 17.7. The van der Waals surface area contributed by atoms with E-state index in [1.54, 1.807) is 153 Å². The van der Waals surface area contributed by atoms with Gasteiger partial charge in [0.1, 0.15) is 30.3 Å². The van der Waals surface area contributed by atoms with E-state index >= 15 is 0 Å². The first-order chi connectivity index (χ1) is 46.7. The van der Waals surface area contributed by atoms with Crippen LogP contribution in [0.3, 0.4) is 0 Å². The van der Waals surface area contributed by atoms with Gasteiger partial charge in [-0.3, -0.25) is 62.3 Å². The van der Waals surface area contributed by atoms with Crippen molar-refractivity contribution in [3.63, 3.8) is 0 Å². The Kier molecular flexibility index (Phi) is 34.9. The Morgan fingerprint density at radius 1 is 0.480 bits per heavy atom. The number of carbonyl (C=O) groups is 14. The second-order valence-electron chi connectivity index (χ2n) is 28.6. The van der Waals surface area contributed by atoms with Gasteiger partial charge in [0.25, 0.3) is 0 Å². The van der Waals surface area contributed by atoms with Crippen LogP contribution in [-0.4, -0.2) is 166 Å². The molecular weight excluding hydrogens is 1280 g/mol. The zero-order chi connectivity index (χ0) is 75.4. The predicted octanol–water partition coefficient (Wildman–Crippen LogP) is 6.60. The summed E-state index contributed by atoms with van der Waals surface area (Å²) in [5.41, 5.74) is 5.74. The van der Waals surface area contributed by atoms with Crippen molar-refractivity contribution in [2.24, 2.45) is 35.3 Å². The fourth-order valence-electron chi connectivity index (χ4n) is 10.7. The zero-order valence-corrected chi connectivity index (χ0v) is 61.2. The average molecular weight is 1390 g/mol. The molecule has 8 amide bonds. The smallest absolute Gasteiger partial charge is 0.408 e. The second kappa shape index (κ2) is 40.9. The lowest BCUT2D eigenvalue weighted by Gasteiger charge is -2.31. The lowest BCUT2D eigenvalue weighted by molar-refractivity contribution is -0.150. The number of hydrogen-bond acceptors (Lipinski definition) is 17. The van der Waals surface area contributed by atoms with Gasteiger partial charge in [-0.25, -0.2) is 4.79 Å². The monoisotopic (exact) mass is 1390 g/mol. The lowest BCUT2D eigenvalue weighted by Crippen LogP contribution is -2.57. The van der Waals surface area contributed by atoms with Crippen LogP contribution in [0.15, 0.2) is 91.0 Å². The third-order valence-corrected chi connectivity index (χ3v) is 16.6. The van der Waals surface area contributed by atoms with Gasteiger partial charge in [0.2, 0.25) is 41.4 Å². The SMILES string of the molecule is CC(C)C[C@H](NC(=O)CCC(=O)[C@H](Cc1ccccc1)N(C)C(=O)[C@H](C)CC(=O)[C@H](C)NC(=O)OC(C)(C)C)C(=O)C[C@@H](C)C(=O)N[C@H](C(=O)C[C@@H](Cc1ccccc1)C(=O)N[C@@H](CC(=O)OCc1ccccc1)C(=O)N(C)[C@@H](C)C(=O)N[C@@H](COC(C)(C)C)C(=O)CCC(N)=O)C(C)C. The van der Waals surface area contributed by atoms with Crippen LogP contribution < -0.4 is 32.3 Å². The Morgan fingerprint density at radius 2 is 1.01 bits per heavy atom. The molecular formula is C75H108N8O17. The average Bonchev–Trinajstić information content (AvgIpc) is 0.845. The topological polar surface area (TPSA) is 359 Å². The molecule has 0 aliphatic heterocycles. The third kappa shape index (κ3) is 31.0. The van der Waals surface area contributed by atoms with Crippen LogP contribution in [0.1, 0.15) is 171 Å². The number of likely N-dealkylation sites (N-methyl/N-ethyl adjacent to an activating group) is 2. The first-order valence-electron chi connectivity index (χ1n) is 34.2. The second-order valence-corrected chi connectivity index (χ2v) is 28.6. The summed E-state index contributed by atoms with van der Waals surface area (Å²) in [6.07, 6.45) is -3.70. The van der Waals surface area contributed by atoms with Crippen molar-refractivity contribution in [3.05, 3.63) is 108 Å². The number of Topliss-reactive ketones (excluding diaryl/α,β-unsaturated/α-hetero) is 5.